The van der Waals surface area contributed by atoms with Crippen LogP contribution in [0.25, 0.3) is 0 Å². The molecule has 0 bridgehead atoms. The minimum Gasteiger partial charge on any atom is -0.497 e. The molecule has 0 aliphatic carbocycles. The molecular weight excluding hydrogens is 349 g/mol. The van der Waals surface area contributed by atoms with E-state index in [9.17, 15) is 4.79 Å². The van der Waals surface area contributed by atoms with E-state index in [1.807, 2.05) is 24.3 Å². The number of nitrogens with zero attached hydrogens (tertiary/aromatic N) is 1. The highest BCUT2D eigenvalue weighted by Crippen LogP contribution is 2.25. The molecule has 1 amide bonds. The fourth-order valence-electron chi connectivity index (χ4n) is 1.86. The summed E-state index contributed by atoms with van der Waals surface area (Å²) < 4.78 is 5.08. The Morgan fingerprint density at radius 2 is 1.88 bits per heavy atom. The molecule has 7 heteroatoms. The summed E-state index contributed by atoms with van der Waals surface area (Å²) in [4.78, 5) is 12.0. The Morgan fingerprint density at radius 3 is 2.50 bits per heavy atom. The van der Waals surface area contributed by atoms with Crippen LogP contribution in [-0.2, 0) is 4.79 Å². The highest BCUT2D eigenvalue weighted by Gasteiger charge is 2.12. The summed E-state index contributed by atoms with van der Waals surface area (Å²) in [6.45, 7) is 1.72. The van der Waals surface area contributed by atoms with Crippen LogP contribution in [0.2, 0.25) is 10.0 Å². The van der Waals surface area contributed by atoms with Gasteiger partial charge in [-0.15, -0.1) is 0 Å². The summed E-state index contributed by atoms with van der Waals surface area (Å²) in [7, 11) is 1.60. The number of carbonyl (C=O) groups is 1. The minimum atomic E-state index is -0.491. The zero-order valence-electron chi connectivity index (χ0n) is 13.2. The number of rotatable bonds is 6. The van der Waals surface area contributed by atoms with Gasteiger partial charge in [-0.25, -0.2) is 5.43 Å². The number of nitrogens with one attached hydrogen (secondary N) is 2. The smallest absolute Gasteiger partial charge is 0.262 e. The second-order valence-corrected chi connectivity index (χ2v) is 5.82. The molecule has 1 atom stereocenters. The second kappa shape index (κ2) is 8.57. The average molecular weight is 366 g/mol. The largest absolute Gasteiger partial charge is 0.497 e. The topological polar surface area (TPSA) is 62.7 Å². The van der Waals surface area contributed by atoms with Crippen LogP contribution in [0.3, 0.4) is 0 Å². The van der Waals surface area contributed by atoms with Crippen LogP contribution < -0.4 is 15.5 Å². The van der Waals surface area contributed by atoms with E-state index in [2.05, 4.69) is 15.8 Å². The quantitative estimate of drug-likeness (QED) is 0.601. The van der Waals surface area contributed by atoms with Crippen molar-refractivity contribution in [3.63, 3.8) is 0 Å². The third-order valence-corrected chi connectivity index (χ3v) is 3.94. The first-order valence-electron chi connectivity index (χ1n) is 7.18. The number of hydrogen-bond donors (Lipinski definition) is 2. The molecule has 2 aromatic rings. The van der Waals surface area contributed by atoms with Gasteiger partial charge in [0.05, 0.1) is 23.4 Å². The summed E-state index contributed by atoms with van der Waals surface area (Å²) in [5.41, 5.74) is 4.03. The van der Waals surface area contributed by atoms with E-state index in [-0.39, 0.29) is 5.91 Å². The Labute approximate surface area is 150 Å². The van der Waals surface area contributed by atoms with Gasteiger partial charge in [0.1, 0.15) is 11.8 Å². The normalized spacial score (nSPS) is 12.0. The molecule has 0 spiro atoms. The molecule has 0 aliphatic rings. The Balaban J connectivity index is 1.88. The Morgan fingerprint density at radius 1 is 1.17 bits per heavy atom. The molecule has 5 nitrogen and oxygen atoms in total. The number of hydrazone groups is 1. The Kier molecular flexibility index (Phi) is 6.46. The predicted molar refractivity (Wildman–Crippen MR) is 98.3 cm³/mol. The molecule has 0 fully saturated rings. The lowest BCUT2D eigenvalue weighted by Crippen LogP contribution is -2.34. The number of halogens is 2. The van der Waals surface area contributed by atoms with Gasteiger partial charge in [-0.1, -0.05) is 23.2 Å². The zero-order valence-corrected chi connectivity index (χ0v) is 14.7. The third kappa shape index (κ3) is 5.15. The van der Waals surface area contributed by atoms with E-state index >= 15 is 0 Å². The summed E-state index contributed by atoms with van der Waals surface area (Å²) in [5.74, 6) is 0.487. The van der Waals surface area contributed by atoms with Crippen LogP contribution in [0.1, 0.15) is 12.5 Å². The molecule has 0 heterocycles. The summed E-state index contributed by atoms with van der Waals surface area (Å²) in [6.07, 6.45) is 1.56. The van der Waals surface area contributed by atoms with Crippen molar-refractivity contribution in [2.24, 2.45) is 5.10 Å². The van der Waals surface area contributed by atoms with E-state index in [1.165, 1.54) is 0 Å². The first kappa shape index (κ1) is 18.1. The summed E-state index contributed by atoms with van der Waals surface area (Å²) in [5, 5.41) is 7.85. The van der Waals surface area contributed by atoms with Crippen LogP contribution in [0.5, 0.6) is 5.75 Å². The molecule has 0 aliphatic heterocycles. The molecule has 0 saturated heterocycles. The molecule has 2 aromatic carbocycles. The standard InChI is InChI=1S/C17H17Cl2N3O2/c1-11(21-13-5-8-15(18)16(19)9-13)17(23)22-20-10-12-3-6-14(24-2)7-4-12/h3-11,21H,1-2H3,(H,22,23)/b20-10+. The average Bonchev–Trinajstić information content (AvgIpc) is 2.58. The molecule has 2 N–H and O–H groups in total. The number of hydrogen-bond acceptors (Lipinski definition) is 4. The fraction of sp³-hybridized carbons (Fsp3) is 0.176. The van der Waals surface area contributed by atoms with Gasteiger partial charge in [0, 0.05) is 5.69 Å². The van der Waals surface area contributed by atoms with Crippen LogP contribution in [0.4, 0.5) is 5.69 Å². The van der Waals surface area contributed by atoms with Crippen LogP contribution in [-0.4, -0.2) is 25.3 Å². The summed E-state index contributed by atoms with van der Waals surface area (Å²) in [6, 6.07) is 11.9. The lowest BCUT2D eigenvalue weighted by Gasteiger charge is -2.13. The number of anilines is 1. The van der Waals surface area contributed by atoms with Crippen molar-refractivity contribution >= 4 is 41.0 Å². The first-order chi connectivity index (χ1) is 11.5. The number of ether oxygens (including phenoxy) is 1. The maximum atomic E-state index is 12.0. The van der Waals surface area contributed by atoms with E-state index in [0.717, 1.165) is 11.3 Å². The number of methoxy groups -OCH3 is 1. The molecule has 24 heavy (non-hydrogen) atoms. The molecular formula is C17H17Cl2N3O2. The number of amides is 1. The SMILES string of the molecule is COc1ccc(/C=N/NC(=O)C(C)Nc2ccc(Cl)c(Cl)c2)cc1. The van der Waals surface area contributed by atoms with Crippen molar-refractivity contribution in [3.8, 4) is 5.75 Å². The van der Waals surface area contributed by atoms with Gasteiger partial charge in [0.2, 0.25) is 0 Å². The molecule has 0 radical (unpaired) electrons. The van der Waals surface area contributed by atoms with Crippen molar-refractivity contribution in [3.05, 3.63) is 58.1 Å². The van der Waals surface area contributed by atoms with Crippen molar-refractivity contribution in [2.45, 2.75) is 13.0 Å². The van der Waals surface area contributed by atoms with Gasteiger partial charge < -0.3 is 10.1 Å². The van der Waals surface area contributed by atoms with E-state index < -0.39 is 6.04 Å². The lowest BCUT2D eigenvalue weighted by atomic mass is 10.2. The van der Waals surface area contributed by atoms with E-state index in [0.29, 0.717) is 15.7 Å². The van der Waals surface area contributed by atoms with Crippen LogP contribution in [0.15, 0.2) is 47.6 Å². The molecule has 2 rings (SSSR count). The fourth-order valence-corrected chi connectivity index (χ4v) is 2.16. The van der Waals surface area contributed by atoms with Gasteiger partial charge in [0.25, 0.3) is 5.91 Å². The molecule has 0 aromatic heterocycles. The van der Waals surface area contributed by atoms with Crippen molar-refractivity contribution in [2.75, 3.05) is 12.4 Å². The van der Waals surface area contributed by atoms with Gasteiger partial charge in [-0.3, -0.25) is 4.79 Å². The van der Waals surface area contributed by atoms with Gasteiger partial charge >= 0.3 is 0 Å². The van der Waals surface area contributed by atoms with Crippen molar-refractivity contribution < 1.29 is 9.53 Å². The monoisotopic (exact) mass is 365 g/mol. The van der Waals surface area contributed by atoms with E-state index in [4.69, 9.17) is 27.9 Å². The predicted octanol–water partition coefficient (Wildman–Crippen LogP) is 3.95. The zero-order chi connectivity index (χ0) is 17.5. The third-order valence-electron chi connectivity index (χ3n) is 3.20. The molecule has 0 saturated carbocycles. The maximum Gasteiger partial charge on any atom is 0.262 e. The Bertz CT molecular complexity index is 733. The lowest BCUT2D eigenvalue weighted by molar-refractivity contribution is -0.121. The van der Waals surface area contributed by atoms with Crippen LogP contribution >= 0.6 is 23.2 Å². The summed E-state index contributed by atoms with van der Waals surface area (Å²) >= 11 is 11.8. The Hall–Kier alpha value is -2.24. The molecule has 126 valence electrons. The molecule has 1 unspecified atom stereocenters. The van der Waals surface area contributed by atoms with Gasteiger partial charge in [-0.2, -0.15) is 5.10 Å². The minimum absolute atomic E-state index is 0.272. The van der Waals surface area contributed by atoms with Crippen molar-refractivity contribution in [1.82, 2.24) is 5.43 Å². The number of benzene rings is 2. The van der Waals surface area contributed by atoms with Crippen molar-refractivity contribution in [1.29, 1.82) is 0 Å². The van der Waals surface area contributed by atoms with Gasteiger partial charge in [-0.05, 0) is 55.0 Å². The highest BCUT2D eigenvalue weighted by atomic mass is 35.5. The second-order valence-electron chi connectivity index (χ2n) is 5.00. The van der Waals surface area contributed by atoms with Gasteiger partial charge in [0.15, 0.2) is 0 Å². The first-order valence-corrected chi connectivity index (χ1v) is 7.93. The van der Waals surface area contributed by atoms with E-state index in [1.54, 1.807) is 38.4 Å². The highest BCUT2D eigenvalue weighted by molar-refractivity contribution is 6.42. The maximum absolute atomic E-state index is 12.0. The van der Waals surface area contributed by atoms with Crippen LogP contribution in [0, 0.1) is 0 Å². The number of carbonyl (C=O) groups excluding carboxylic acids is 1.